The van der Waals surface area contributed by atoms with Gasteiger partial charge in [0.15, 0.2) is 0 Å². The molecule has 0 aliphatic rings. The Hall–Kier alpha value is -0.910. The van der Waals surface area contributed by atoms with E-state index in [2.05, 4.69) is 21.7 Å². The number of rotatable bonds is 4. The van der Waals surface area contributed by atoms with Crippen LogP contribution < -0.4 is 11.5 Å². The second kappa shape index (κ2) is 4.07. The van der Waals surface area contributed by atoms with Gasteiger partial charge in [-0.25, -0.2) is 0 Å². The molecule has 0 aromatic rings. The first kappa shape index (κ1) is 10.1. The number of hydrogen-bond acceptors (Lipinski definition) is 3. The van der Waals surface area contributed by atoms with Crippen LogP contribution in [0.25, 0.3) is 0 Å². The third-order valence-corrected chi connectivity index (χ3v) is 1.65. The predicted molar refractivity (Wildman–Crippen MR) is 40.7 cm³/mol. The van der Waals surface area contributed by atoms with E-state index in [4.69, 9.17) is 5.73 Å². The van der Waals surface area contributed by atoms with Crippen LogP contribution in [0.3, 0.4) is 0 Å². The number of halogens is 1. The molecule has 2 amide bonds. The van der Waals surface area contributed by atoms with Crippen molar-refractivity contribution >= 4 is 33.5 Å². The average molecular weight is 223 g/mol. The lowest BCUT2D eigenvalue weighted by Gasteiger charge is -2.01. The van der Waals surface area contributed by atoms with E-state index in [0.717, 1.165) is 0 Å². The zero-order valence-corrected chi connectivity index (χ0v) is 7.13. The average Bonchev–Trinajstić information content (AvgIpc) is 1.84. The first-order valence-electron chi connectivity index (χ1n) is 2.71. The molecule has 0 aromatic carbocycles. The monoisotopic (exact) mass is 222 g/mol. The molecule has 62 valence electrons. The zero-order chi connectivity index (χ0) is 9.02. The summed E-state index contributed by atoms with van der Waals surface area (Å²) >= 11 is 2.79. The smallest absolute Gasteiger partial charge is 0.286 e. The van der Waals surface area contributed by atoms with Crippen LogP contribution in [0.15, 0.2) is 0 Å². The van der Waals surface area contributed by atoms with Crippen LogP contribution in [0.1, 0.15) is 6.42 Å². The minimum absolute atomic E-state index is 0.220. The maximum atomic E-state index is 10.6. The number of carbonyl (C=O) groups is 3. The van der Waals surface area contributed by atoms with Crippen LogP contribution in [-0.4, -0.2) is 22.4 Å². The third-order valence-electron chi connectivity index (χ3n) is 0.908. The van der Waals surface area contributed by atoms with Crippen molar-refractivity contribution in [2.75, 3.05) is 0 Å². The van der Waals surface area contributed by atoms with Gasteiger partial charge in [-0.2, -0.15) is 0 Å². The molecule has 0 aliphatic carbocycles. The molecule has 0 aromatic heterocycles. The Morgan fingerprint density at radius 1 is 1.27 bits per heavy atom. The molecule has 0 bridgehead atoms. The Morgan fingerprint density at radius 2 is 1.73 bits per heavy atom. The fourth-order valence-corrected chi connectivity index (χ4v) is 0.968. The molecule has 0 spiro atoms. The summed E-state index contributed by atoms with van der Waals surface area (Å²) in [5.74, 6) is -2.58. The molecular weight excluding hydrogens is 216 g/mol. The summed E-state index contributed by atoms with van der Waals surface area (Å²) in [6.45, 7) is 0. The van der Waals surface area contributed by atoms with Gasteiger partial charge in [-0.1, -0.05) is 15.9 Å². The van der Waals surface area contributed by atoms with Crippen LogP contribution in [0.4, 0.5) is 0 Å². The van der Waals surface area contributed by atoms with Gasteiger partial charge in [0, 0.05) is 6.42 Å². The highest BCUT2D eigenvalue weighted by Gasteiger charge is 2.21. The SMILES string of the molecule is NC(=O)CC(Br)C(=O)C(N)=O. The Balaban J connectivity index is 4.03. The molecule has 0 fully saturated rings. The summed E-state index contributed by atoms with van der Waals surface area (Å²) in [5, 5.41) is 0. The second-order valence-electron chi connectivity index (χ2n) is 1.87. The number of carbonyl (C=O) groups excluding carboxylic acids is 3. The summed E-state index contributed by atoms with van der Waals surface area (Å²) in [6.07, 6.45) is -0.220. The van der Waals surface area contributed by atoms with Crippen LogP contribution in [0.2, 0.25) is 0 Å². The molecule has 0 heterocycles. The highest BCUT2D eigenvalue weighted by atomic mass is 79.9. The maximum absolute atomic E-state index is 10.6. The molecule has 4 N–H and O–H groups in total. The normalized spacial score (nSPS) is 12.1. The van der Waals surface area contributed by atoms with Crippen molar-refractivity contribution in [2.24, 2.45) is 11.5 Å². The summed E-state index contributed by atoms with van der Waals surface area (Å²) < 4.78 is 0. The quantitative estimate of drug-likeness (QED) is 0.456. The number of alkyl halides is 1. The largest absolute Gasteiger partial charge is 0.370 e. The Kier molecular flexibility index (Phi) is 3.73. The maximum Gasteiger partial charge on any atom is 0.286 e. The molecule has 5 nitrogen and oxygen atoms in total. The topological polar surface area (TPSA) is 103 Å². The van der Waals surface area contributed by atoms with Gasteiger partial charge in [-0.3, -0.25) is 14.4 Å². The Morgan fingerprint density at radius 3 is 2.00 bits per heavy atom. The highest BCUT2D eigenvalue weighted by molar-refractivity contribution is 9.10. The van der Waals surface area contributed by atoms with Crippen molar-refractivity contribution in [2.45, 2.75) is 11.2 Å². The minimum atomic E-state index is -1.08. The fourth-order valence-electron chi connectivity index (χ4n) is 0.424. The molecular formula is C5H7BrN2O3. The van der Waals surface area contributed by atoms with Crippen LogP contribution in [-0.2, 0) is 14.4 Å². The molecule has 0 radical (unpaired) electrons. The number of amides is 2. The fraction of sp³-hybridized carbons (Fsp3) is 0.400. The minimum Gasteiger partial charge on any atom is -0.370 e. The molecule has 0 rings (SSSR count). The van der Waals surface area contributed by atoms with Crippen molar-refractivity contribution in [3.05, 3.63) is 0 Å². The lowest BCUT2D eigenvalue weighted by Crippen LogP contribution is -2.33. The number of nitrogens with two attached hydrogens (primary N) is 2. The van der Waals surface area contributed by atoms with E-state index >= 15 is 0 Å². The van der Waals surface area contributed by atoms with E-state index in [-0.39, 0.29) is 6.42 Å². The molecule has 1 unspecified atom stereocenters. The summed E-state index contributed by atoms with van der Waals surface area (Å²) in [4.78, 5) is 30.2. The second-order valence-corrected chi connectivity index (χ2v) is 2.97. The van der Waals surface area contributed by atoms with Gasteiger partial charge in [-0.15, -0.1) is 0 Å². The highest BCUT2D eigenvalue weighted by Crippen LogP contribution is 2.04. The van der Waals surface area contributed by atoms with E-state index in [1.807, 2.05) is 0 Å². The van der Waals surface area contributed by atoms with E-state index < -0.39 is 22.4 Å². The van der Waals surface area contributed by atoms with Crippen molar-refractivity contribution in [1.29, 1.82) is 0 Å². The standard InChI is InChI=1S/C5H7BrN2O3/c6-2(1-3(7)9)4(10)5(8)11/h2H,1H2,(H2,7,9)(H2,8,11). The van der Waals surface area contributed by atoms with Gasteiger partial charge in [0.2, 0.25) is 11.7 Å². The van der Waals surface area contributed by atoms with E-state index in [9.17, 15) is 14.4 Å². The first-order chi connectivity index (χ1) is 4.95. The van der Waals surface area contributed by atoms with Crippen LogP contribution in [0.5, 0.6) is 0 Å². The summed E-state index contributed by atoms with van der Waals surface area (Å²) in [6, 6.07) is 0. The van der Waals surface area contributed by atoms with Crippen molar-refractivity contribution in [3.8, 4) is 0 Å². The molecule has 11 heavy (non-hydrogen) atoms. The molecule has 6 heteroatoms. The van der Waals surface area contributed by atoms with Gasteiger partial charge in [0.1, 0.15) is 0 Å². The third kappa shape index (κ3) is 3.72. The number of hydrogen-bond donors (Lipinski definition) is 2. The van der Waals surface area contributed by atoms with Gasteiger partial charge < -0.3 is 11.5 Å². The summed E-state index contributed by atoms with van der Waals surface area (Å²) in [5.41, 5.74) is 9.40. The summed E-state index contributed by atoms with van der Waals surface area (Å²) in [7, 11) is 0. The van der Waals surface area contributed by atoms with Crippen molar-refractivity contribution in [1.82, 2.24) is 0 Å². The van der Waals surface area contributed by atoms with E-state index in [1.165, 1.54) is 0 Å². The lowest BCUT2D eigenvalue weighted by molar-refractivity contribution is -0.136. The molecule has 0 aliphatic heterocycles. The number of primary amides is 2. The predicted octanol–water partition coefficient (Wildman–Crippen LogP) is -1.32. The lowest BCUT2D eigenvalue weighted by atomic mass is 10.2. The van der Waals surface area contributed by atoms with Gasteiger partial charge >= 0.3 is 0 Å². The van der Waals surface area contributed by atoms with Gasteiger partial charge in [0.25, 0.3) is 5.91 Å². The Labute approximate surface area is 71.2 Å². The van der Waals surface area contributed by atoms with Crippen LogP contribution in [0, 0.1) is 0 Å². The van der Waals surface area contributed by atoms with Crippen LogP contribution >= 0.6 is 15.9 Å². The van der Waals surface area contributed by atoms with Gasteiger partial charge in [0.05, 0.1) is 4.83 Å². The van der Waals surface area contributed by atoms with Crippen molar-refractivity contribution < 1.29 is 14.4 Å². The molecule has 0 saturated heterocycles. The van der Waals surface area contributed by atoms with E-state index in [0.29, 0.717) is 0 Å². The number of Topliss-reactive ketones (excluding diaryl/α,β-unsaturated/α-hetero) is 1. The molecule has 0 saturated carbocycles. The first-order valence-corrected chi connectivity index (χ1v) is 3.62. The molecule has 1 atom stereocenters. The Bertz CT molecular complexity index is 204. The zero-order valence-electron chi connectivity index (χ0n) is 5.54. The van der Waals surface area contributed by atoms with Gasteiger partial charge in [-0.05, 0) is 0 Å². The van der Waals surface area contributed by atoms with E-state index in [1.54, 1.807) is 0 Å². The number of ketones is 1. The van der Waals surface area contributed by atoms with Crippen molar-refractivity contribution in [3.63, 3.8) is 0 Å².